The predicted octanol–water partition coefficient (Wildman–Crippen LogP) is 3.84. The van der Waals surface area contributed by atoms with Gasteiger partial charge < -0.3 is 4.57 Å². The van der Waals surface area contributed by atoms with E-state index in [2.05, 4.69) is 58.8 Å². The van der Waals surface area contributed by atoms with Gasteiger partial charge in [-0.3, -0.25) is 9.88 Å². The Kier molecular flexibility index (Phi) is 3.46. The van der Waals surface area contributed by atoms with Crippen molar-refractivity contribution in [3.8, 4) is 0 Å². The number of benzene rings is 1. The fourth-order valence-corrected chi connectivity index (χ4v) is 3.67. The summed E-state index contributed by atoms with van der Waals surface area (Å²) in [5, 5.41) is 1.44. The first-order valence-electron chi connectivity index (χ1n) is 8.32. The molecule has 3 heteroatoms. The molecule has 118 valence electrons. The van der Waals surface area contributed by atoms with E-state index >= 15 is 0 Å². The van der Waals surface area contributed by atoms with Gasteiger partial charge in [0, 0.05) is 48.1 Å². The van der Waals surface area contributed by atoms with E-state index in [-0.39, 0.29) is 0 Å². The summed E-state index contributed by atoms with van der Waals surface area (Å²) in [5.41, 5.74) is 8.13. The van der Waals surface area contributed by atoms with E-state index in [9.17, 15) is 0 Å². The Morgan fingerprint density at radius 3 is 2.74 bits per heavy atom. The lowest BCUT2D eigenvalue weighted by Crippen LogP contribution is -2.12. The third-order valence-electron chi connectivity index (χ3n) is 4.89. The van der Waals surface area contributed by atoms with Gasteiger partial charge >= 0.3 is 0 Å². The summed E-state index contributed by atoms with van der Waals surface area (Å²) in [6, 6.07) is 11.2. The summed E-state index contributed by atoms with van der Waals surface area (Å²) in [7, 11) is 2.20. The minimum atomic E-state index is 1.02. The summed E-state index contributed by atoms with van der Waals surface area (Å²) in [5.74, 6) is 0. The molecule has 1 aliphatic heterocycles. The van der Waals surface area contributed by atoms with Crippen molar-refractivity contribution in [3.05, 3.63) is 64.6 Å². The second-order valence-electron chi connectivity index (χ2n) is 6.83. The van der Waals surface area contributed by atoms with Crippen molar-refractivity contribution in [1.82, 2.24) is 14.5 Å². The van der Waals surface area contributed by atoms with Crippen LogP contribution in [0.3, 0.4) is 0 Å². The average Bonchev–Trinajstić information content (AvgIpc) is 3.03. The van der Waals surface area contributed by atoms with E-state index < -0.39 is 0 Å². The highest BCUT2D eigenvalue weighted by Gasteiger charge is 2.24. The topological polar surface area (TPSA) is 21.1 Å². The number of rotatable bonds is 3. The average molecular weight is 305 g/mol. The zero-order valence-corrected chi connectivity index (χ0v) is 14.1. The lowest BCUT2D eigenvalue weighted by atomic mass is 10.1. The number of aryl methyl sites for hydroxylation is 4. The molecule has 0 atom stereocenters. The van der Waals surface area contributed by atoms with Crippen molar-refractivity contribution in [2.24, 2.45) is 0 Å². The maximum Gasteiger partial charge on any atom is 0.0486 e. The molecule has 2 aromatic heterocycles. The van der Waals surface area contributed by atoms with Gasteiger partial charge in [-0.25, -0.2) is 0 Å². The molecule has 0 unspecified atom stereocenters. The number of hydrogen-bond acceptors (Lipinski definition) is 2. The van der Waals surface area contributed by atoms with Crippen LogP contribution in [-0.2, 0) is 26.1 Å². The van der Waals surface area contributed by atoms with Crippen LogP contribution >= 0.6 is 0 Å². The number of nitrogens with zero attached hydrogens (tertiary/aromatic N) is 3. The second-order valence-corrected chi connectivity index (χ2v) is 6.83. The fourth-order valence-electron chi connectivity index (χ4n) is 3.67. The van der Waals surface area contributed by atoms with E-state index in [0.717, 1.165) is 31.7 Å². The normalized spacial score (nSPS) is 14.6. The lowest BCUT2D eigenvalue weighted by Gasteiger charge is -2.12. The van der Waals surface area contributed by atoms with Gasteiger partial charge in [0.15, 0.2) is 0 Å². The lowest BCUT2D eigenvalue weighted by molar-refractivity contribution is 0.347. The third kappa shape index (κ3) is 2.55. The number of hydrogen-bond donors (Lipinski definition) is 0. The summed E-state index contributed by atoms with van der Waals surface area (Å²) >= 11 is 0. The maximum atomic E-state index is 4.42. The zero-order valence-electron chi connectivity index (χ0n) is 14.1. The van der Waals surface area contributed by atoms with Crippen LogP contribution in [0.25, 0.3) is 10.9 Å². The molecule has 0 aliphatic carbocycles. The van der Waals surface area contributed by atoms with Gasteiger partial charge in [-0.15, -0.1) is 0 Å². The van der Waals surface area contributed by atoms with Gasteiger partial charge in [-0.2, -0.15) is 0 Å². The van der Waals surface area contributed by atoms with Gasteiger partial charge in [0.05, 0.1) is 0 Å². The number of fused-ring (bicyclic) bond motifs is 3. The Hall–Kier alpha value is -2.13. The molecular formula is C20H23N3. The first-order valence-corrected chi connectivity index (χ1v) is 8.32. The monoisotopic (exact) mass is 305 g/mol. The Bertz CT molecular complexity index is 859. The maximum absolute atomic E-state index is 4.42. The third-order valence-corrected chi connectivity index (χ3v) is 4.89. The molecule has 1 aromatic carbocycles. The van der Waals surface area contributed by atoms with Gasteiger partial charge in [-0.05, 0) is 56.6 Å². The van der Waals surface area contributed by atoms with Gasteiger partial charge in [0.25, 0.3) is 0 Å². The van der Waals surface area contributed by atoms with Gasteiger partial charge in [0.1, 0.15) is 0 Å². The summed E-state index contributed by atoms with van der Waals surface area (Å²) in [4.78, 5) is 6.82. The van der Waals surface area contributed by atoms with E-state index in [0.29, 0.717) is 0 Å². The van der Waals surface area contributed by atoms with Crippen molar-refractivity contribution in [2.45, 2.75) is 39.9 Å². The van der Waals surface area contributed by atoms with Crippen LogP contribution < -0.4 is 0 Å². The van der Waals surface area contributed by atoms with Gasteiger partial charge in [0.2, 0.25) is 0 Å². The molecule has 3 aromatic rings. The molecule has 0 saturated carbocycles. The van der Waals surface area contributed by atoms with Crippen molar-refractivity contribution in [2.75, 3.05) is 7.05 Å². The Labute approximate surface area is 137 Å². The zero-order chi connectivity index (χ0) is 16.0. The van der Waals surface area contributed by atoms with E-state index in [1.807, 2.05) is 13.1 Å². The minimum Gasteiger partial charge on any atom is -0.343 e. The highest BCUT2D eigenvalue weighted by atomic mass is 15.2. The fraction of sp³-hybridized carbons (Fsp3) is 0.350. The summed E-state index contributed by atoms with van der Waals surface area (Å²) < 4.78 is 2.52. The molecule has 3 heterocycles. The smallest absolute Gasteiger partial charge is 0.0486 e. The molecule has 4 rings (SSSR count). The molecule has 0 amide bonds. The van der Waals surface area contributed by atoms with Crippen LogP contribution in [-0.4, -0.2) is 21.5 Å². The van der Waals surface area contributed by atoms with Crippen molar-refractivity contribution in [1.29, 1.82) is 0 Å². The standard InChI is InChI=1S/C20H23N3/c1-14-4-7-19-17(10-14)18-12-22(3)13-20(18)23(19)9-8-16-6-5-15(2)21-11-16/h4-7,10-11H,8-9,12-13H2,1-3H3. The molecule has 0 saturated heterocycles. The van der Waals surface area contributed by atoms with Crippen LogP contribution in [0, 0.1) is 13.8 Å². The molecule has 0 N–H and O–H groups in total. The van der Waals surface area contributed by atoms with Crippen LogP contribution in [0.2, 0.25) is 0 Å². The Morgan fingerprint density at radius 1 is 1.09 bits per heavy atom. The van der Waals surface area contributed by atoms with Crippen LogP contribution in [0.4, 0.5) is 0 Å². The molecule has 0 bridgehead atoms. The quantitative estimate of drug-likeness (QED) is 0.733. The molecular weight excluding hydrogens is 282 g/mol. The first-order chi connectivity index (χ1) is 11.1. The first kappa shape index (κ1) is 14.5. The van der Waals surface area contributed by atoms with Gasteiger partial charge in [-0.1, -0.05) is 17.7 Å². The van der Waals surface area contributed by atoms with E-state index in [4.69, 9.17) is 0 Å². The molecule has 0 fully saturated rings. The molecule has 3 nitrogen and oxygen atoms in total. The highest BCUT2D eigenvalue weighted by molar-refractivity contribution is 5.86. The Balaban J connectivity index is 1.71. The van der Waals surface area contributed by atoms with Crippen molar-refractivity contribution < 1.29 is 0 Å². The van der Waals surface area contributed by atoms with Crippen LogP contribution in [0.15, 0.2) is 36.5 Å². The van der Waals surface area contributed by atoms with E-state index in [1.54, 1.807) is 0 Å². The SMILES string of the molecule is Cc1ccc2c(c1)c1c(n2CCc2ccc(C)nc2)CN(C)C1. The largest absolute Gasteiger partial charge is 0.343 e. The molecule has 1 aliphatic rings. The molecule has 0 spiro atoms. The minimum absolute atomic E-state index is 1.02. The highest BCUT2D eigenvalue weighted by Crippen LogP contribution is 2.33. The second kappa shape index (κ2) is 5.50. The summed E-state index contributed by atoms with van der Waals surface area (Å²) in [6.45, 7) is 7.35. The molecule has 0 radical (unpaired) electrons. The number of pyridine rings is 1. The Morgan fingerprint density at radius 2 is 1.96 bits per heavy atom. The molecule has 23 heavy (non-hydrogen) atoms. The number of aromatic nitrogens is 2. The van der Waals surface area contributed by atoms with Crippen LogP contribution in [0.5, 0.6) is 0 Å². The van der Waals surface area contributed by atoms with Crippen LogP contribution in [0.1, 0.15) is 28.1 Å². The van der Waals surface area contributed by atoms with E-state index in [1.165, 1.54) is 33.3 Å². The summed E-state index contributed by atoms with van der Waals surface area (Å²) in [6.07, 6.45) is 3.04. The van der Waals surface area contributed by atoms with Crippen molar-refractivity contribution >= 4 is 10.9 Å². The predicted molar refractivity (Wildman–Crippen MR) is 94.5 cm³/mol. The van der Waals surface area contributed by atoms with Crippen molar-refractivity contribution in [3.63, 3.8) is 0 Å².